The molecule has 0 radical (unpaired) electrons. The summed E-state index contributed by atoms with van der Waals surface area (Å²) < 4.78 is 0. The van der Waals surface area contributed by atoms with E-state index in [4.69, 9.17) is 10.7 Å². The molecule has 0 saturated heterocycles. The van der Waals surface area contributed by atoms with E-state index < -0.39 is 0 Å². The minimum atomic E-state index is 0.0347. The van der Waals surface area contributed by atoms with Gasteiger partial charge in [0.1, 0.15) is 0 Å². The van der Waals surface area contributed by atoms with Gasteiger partial charge in [-0.3, -0.25) is 9.78 Å². The first-order chi connectivity index (χ1) is 18.2. The largest absolute Gasteiger partial charge is 0.398 e. The van der Waals surface area contributed by atoms with Crippen LogP contribution in [-0.2, 0) is 19.3 Å². The van der Waals surface area contributed by atoms with Crippen LogP contribution in [0.15, 0.2) is 103 Å². The molecule has 1 aromatic heterocycles. The van der Waals surface area contributed by atoms with Crippen LogP contribution in [0.3, 0.4) is 0 Å². The lowest BCUT2D eigenvalue weighted by Gasteiger charge is -2.13. The molecule has 0 aliphatic heterocycles. The van der Waals surface area contributed by atoms with Gasteiger partial charge in [-0.15, -0.1) is 0 Å². The molecule has 2 N–H and O–H groups in total. The zero-order valence-corrected chi connectivity index (χ0v) is 20.9. The maximum absolute atomic E-state index is 13.3. The predicted molar refractivity (Wildman–Crippen MR) is 152 cm³/mol. The molecule has 0 atom stereocenters. The molecule has 37 heavy (non-hydrogen) atoms. The molecule has 1 aliphatic carbocycles. The second-order valence-corrected chi connectivity index (χ2v) is 10.1. The number of hydrogen-bond acceptors (Lipinski definition) is 3. The highest BCUT2D eigenvalue weighted by molar-refractivity contribution is 6.01. The minimum absolute atomic E-state index is 0.0347. The van der Waals surface area contributed by atoms with Gasteiger partial charge >= 0.3 is 0 Å². The number of pyridine rings is 1. The first-order valence-electron chi connectivity index (χ1n) is 13.1. The van der Waals surface area contributed by atoms with Gasteiger partial charge in [-0.1, -0.05) is 78.9 Å². The third-order valence-corrected chi connectivity index (χ3v) is 7.42. The number of rotatable bonds is 8. The third kappa shape index (κ3) is 5.03. The second-order valence-electron chi connectivity index (χ2n) is 10.1. The number of aryl methyl sites for hydroxylation is 2. The molecule has 3 heteroatoms. The van der Waals surface area contributed by atoms with Gasteiger partial charge < -0.3 is 5.73 Å². The number of nitrogens with two attached hydrogens (primary N) is 1. The van der Waals surface area contributed by atoms with Crippen molar-refractivity contribution in [2.24, 2.45) is 0 Å². The van der Waals surface area contributed by atoms with Crippen molar-refractivity contribution in [2.45, 2.75) is 38.0 Å². The summed E-state index contributed by atoms with van der Waals surface area (Å²) in [5, 5.41) is 1.04. The Morgan fingerprint density at radius 1 is 0.784 bits per heavy atom. The summed E-state index contributed by atoms with van der Waals surface area (Å²) in [5.74, 6) is 0.622. The summed E-state index contributed by atoms with van der Waals surface area (Å²) in [4.78, 5) is 18.2. The summed E-state index contributed by atoms with van der Waals surface area (Å²) >= 11 is 0. The first-order valence-corrected chi connectivity index (χ1v) is 13.1. The molecule has 5 aromatic rings. The molecular formula is C34H30N2O. The zero-order chi connectivity index (χ0) is 25.2. The number of nitrogens with zero attached hydrogens (tertiary/aromatic N) is 1. The highest BCUT2D eigenvalue weighted by Crippen LogP contribution is 2.44. The molecule has 3 nitrogen and oxygen atoms in total. The van der Waals surface area contributed by atoms with Crippen molar-refractivity contribution in [3.8, 4) is 11.1 Å². The summed E-state index contributed by atoms with van der Waals surface area (Å²) in [7, 11) is 0. The van der Waals surface area contributed by atoms with Crippen molar-refractivity contribution in [3.05, 3.63) is 131 Å². The highest BCUT2D eigenvalue weighted by Gasteiger charge is 2.28. The molecule has 0 amide bonds. The van der Waals surface area contributed by atoms with Gasteiger partial charge in [-0.05, 0) is 83.2 Å². The standard InChI is InChI=1S/C34H30N2O/c35-31-18-17-27(24-9-5-2-6-10-24)19-29(31)21-32(37)30-20-28-16-15-25(12-11-23-7-3-1-4-8-23)33(26-13-14-26)34(28)36-22-30/h1-10,15-20,22,26H,11-14,21,35H2. The molecule has 1 heterocycles. The van der Waals surface area contributed by atoms with E-state index in [0.29, 0.717) is 17.2 Å². The van der Waals surface area contributed by atoms with Crippen LogP contribution in [0.5, 0.6) is 0 Å². The van der Waals surface area contributed by atoms with Crippen LogP contribution in [0.25, 0.3) is 22.0 Å². The van der Waals surface area contributed by atoms with E-state index in [-0.39, 0.29) is 12.2 Å². The van der Waals surface area contributed by atoms with Gasteiger partial charge in [0.2, 0.25) is 0 Å². The zero-order valence-electron chi connectivity index (χ0n) is 20.9. The molecule has 1 aliphatic rings. The Labute approximate surface area is 218 Å². The summed E-state index contributed by atoms with van der Waals surface area (Å²) in [6.45, 7) is 0. The highest BCUT2D eigenvalue weighted by atomic mass is 16.1. The number of anilines is 1. The summed E-state index contributed by atoms with van der Waals surface area (Å²) in [6, 6.07) is 33.1. The number of carbonyl (C=O) groups is 1. The monoisotopic (exact) mass is 482 g/mol. The SMILES string of the molecule is Nc1ccc(-c2ccccc2)cc1CC(=O)c1cnc2c(C3CC3)c(CCc3ccccc3)ccc2c1. The van der Waals surface area contributed by atoms with Gasteiger partial charge in [0.15, 0.2) is 5.78 Å². The van der Waals surface area contributed by atoms with Crippen LogP contribution in [0.4, 0.5) is 5.69 Å². The van der Waals surface area contributed by atoms with Crippen LogP contribution in [0, 0.1) is 0 Å². The Balaban J connectivity index is 1.26. The van der Waals surface area contributed by atoms with Crippen LogP contribution >= 0.6 is 0 Å². The normalized spacial score (nSPS) is 13.1. The molecule has 0 spiro atoms. The van der Waals surface area contributed by atoms with E-state index in [1.165, 1.54) is 29.5 Å². The van der Waals surface area contributed by atoms with Crippen molar-refractivity contribution in [2.75, 3.05) is 5.73 Å². The van der Waals surface area contributed by atoms with E-state index >= 15 is 0 Å². The lowest BCUT2D eigenvalue weighted by molar-refractivity contribution is 0.0993. The maximum Gasteiger partial charge on any atom is 0.168 e. The topological polar surface area (TPSA) is 56.0 Å². The Morgan fingerprint density at radius 3 is 2.30 bits per heavy atom. The molecule has 4 aromatic carbocycles. The summed E-state index contributed by atoms with van der Waals surface area (Å²) in [6.07, 6.45) is 6.48. The number of carbonyl (C=O) groups excluding carboxylic acids is 1. The average molecular weight is 483 g/mol. The number of aromatic nitrogens is 1. The average Bonchev–Trinajstić information content (AvgIpc) is 3.79. The third-order valence-electron chi connectivity index (χ3n) is 7.42. The van der Waals surface area contributed by atoms with Crippen LogP contribution in [0.1, 0.15) is 51.4 Å². The smallest absolute Gasteiger partial charge is 0.168 e. The van der Waals surface area contributed by atoms with Crippen molar-refractivity contribution in [1.82, 2.24) is 4.98 Å². The Bertz CT molecular complexity index is 1570. The van der Waals surface area contributed by atoms with Gasteiger partial charge in [0.05, 0.1) is 5.52 Å². The van der Waals surface area contributed by atoms with Gasteiger partial charge in [0.25, 0.3) is 0 Å². The fourth-order valence-corrected chi connectivity index (χ4v) is 5.23. The predicted octanol–water partition coefficient (Wildman–Crippen LogP) is 7.57. The maximum atomic E-state index is 13.3. The van der Waals surface area contributed by atoms with Crippen LogP contribution in [-0.4, -0.2) is 10.8 Å². The van der Waals surface area contributed by atoms with Gasteiger partial charge in [-0.2, -0.15) is 0 Å². The van der Waals surface area contributed by atoms with E-state index in [9.17, 15) is 4.79 Å². The van der Waals surface area contributed by atoms with Crippen molar-refractivity contribution in [3.63, 3.8) is 0 Å². The van der Waals surface area contributed by atoms with E-state index in [0.717, 1.165) is 40.4 Å². The van der Waals surface area contributed by atoms with Crippen molar-refractivity contribution in [1.29, 1.82) is 0 Å². The molecular weight excluding hydrogens is 452 g/mol. The van der Waals surface area contributed by atoms with Crippen LogP contribution < -0.4 is 5.73 Å². The minimum Gasteiger partial charge on any atom is -0.398 e. The lowest BCUT2D eigenvalue weighted by atomic mass is 9.93. The van der Waals surface area contributed by atoms with Crippen LogP contribution in [0.2, 0.25) is 0 Å². The fraction of sp³-hybridized carbons (Fsp3) is 0.176. The quantitative estimate of drug-likeness (QED) is 0.183. The van der Waals surface area contributed by atoms with Crippen molar-refractivity contribution >= 4 is 22.4 Å². The number of hydrogen-bond donors (Lipinski definition) is 1. The Kier molecular flexibility index (Phi) is 6.28. The lowest BCUT2D eigenvalue weighted by Crippen LogP contribution is -2.07. The van der Waals surface area contributed by atoms with E-state index in [1.807, 2.05) is 42.5 Å². The molecule has 1 saturated carbocycles. The van der Waals surface area contributed by atoms with Crippen molar-refractivity contribution < 1.29 is 4.79 Å². The molecule has 1 fully saturated rings. The number of nitrogen functional groups attached to an aromatic ring is 1. The second kappa shape index (κ2) is 10.0. The molecule has 0 unspecified atom stereocenters. The number of benzene rings is 4. The van der Waals surface area contributed by atoms with E-state index in [1.54, 1.807) is 6.20 Å². The fourth-order valence-electron chi connectivity index (χ4n) is 5.23. The molecule has 6 rings (SSSR count). The Hall–Kier alpha value is -4.24. The van der Waals surface area contributed by atoms with Gasteiger partial charge in [-0.25, -0.2) is 0 Å². The first kappa shape index (κ1) is 23.2. The van der Waals surface area contributed by atoms with E-state index in [2.05, 4.69) is 54.6 Å². The molecule has 182 valence electrons. The van der Waals surface area contributed by atoms with Gasteiger partial charge in [0, 0.05) is 29.3 Å². The molecule has 0 bridgehead atoms. The number of Topliss-reactive ketones (excluding diaryl/α,β-unsaturated/α-hetero) is 1. The number of ketones is 1. The summed E-state index contributed by atoms with van der Waals surface area (Å²) in [5.41, 5.74) is 15.7. The number of fused-ring (bicyclic) bond motifs is 1. The Morgan fingerprint density at radius 2 is 1.54 bits per heavy atom.